The zero-order valence-corrected chi connectivity index (χ0v) is 14.6. The van der Waals surface area contributed by atoms with Crippen LogP contribution in [0.25, 0.3) is 0 Å². The van der Waals surface area contributed by atoms with Gasteiger partial charge in [0.2, 0.25) is 10.0 Å². The minimum absolute atomic E-state index is 0.172. The van der Waals surface area contributed by atoms with Crippen molar-refractivity contribution in [1.82, 2.24) is 4.31 Å². The molecule has 0 unspecified atom stereocenters. The van der Waals surface area contributed by atoms with Crippen molar-refractivity contribution < 1.29 is 17.9 Å². The molecule has 0 fully saturated rings. The van der Waals surface area contributed by atoms with Gasteiger partial charge in [-0.25, -0.2) is 13.2 Å². The standard InChI is InChI=1S/C18H21NO4S/c1-3-19(4-2)24(21,22)17-12-10-16(11-13-17)18(20)23-14-15-8-6-5-7-9-15/h5-13H,3-4,14H2,1-2H3. The third-order valence-electron chi connectivity index (χ3n) is 3.65. The van der Waals surface area contributed by atoms with Gasteiger partial charge < -0.3 is 4.74 Å². The molecule has 24 heavy (non-hydrogen) atoms. The molecule has 0 radical (unpaired) electrons. The van der Waals surface area contributed by atoms with Gasteiger partial charge in [0.15, 0.2) is 0 Å². The minimum Gasteiger partial charge on any atom is -0.457 e. The molecule has 0 amide bonds. The van der Waals surface area contributed by atoms with E-state index in [1.807, 2.05) is 30.3 Å². The summed E-state index contributed by atoms with van der Waals surface area (Å²) >= 11 is 0. The Hall–Kier alpha value is -2.18. The Morgan fingerprint density at radius 2 is 1.54 bits per heavy atom. The largest absolute Gasteiger partial charge is 0.457 e. The van der Waals surface area contributed by atoms with E-state index in [1.165, 1.54) is 28.6 Å². The topological polar surface area (TPSA) is 63.7 Å². The quantitative estimate of drug-likeness (QED) is 0.722. The first kappa shape index (κ1) is 18.2. The number of benzene rings is 2. The van der Waals surface area contributed by atoms with E-state index in [1.54, 1.807) is 13.8 Å². The molecule has 128 valence electrons. The minimum atomic E-state index is -3.52. The number of carbonyl (C=O) groups is 1. The van der Waals surface area contributed by atoms with E-state index in [0.717, 1.165) is 5.56 Å². The van der Waals surface area contributed by atoms with Crippen molar-refractivity contribution in [3.63, 3.8) is 0 Å². The van der Waals surface area contributed by atoms with Crippen LogP contribution in [0.2, 0.25) is 0 Å². The summed E-state index contributed by atoms with van der Waals surface area (Å²) in [6, 6.07) is 15.2. The monoisotopic (exact) mass is 347 g/mol. The van der Waals surface area contributed by atoms with Crippen molar-refractivity contribution in [2.75, 3.05) is 13.1 Å². The van der Waals surface area contributed by atoms with Gasteiger partial charge in [-0.05, 0) is 29.8 Å². The van der Waals surface area contributed by atoms with Crippen LogP contribution in [0, 0.1) is 0 Å². The van der Waals surface area contributed by atoms with Gasteiger partial charge in [-0.1, -0.05) is 44.2 Å². The summed E-state index contributed by atoms with van der Waals surface area (Å²) < 4.78 is 31.4. The van der Waals surface area contributed by atoms with Crippen LogP contribution in [0.3, 0.4) is 0 Å². The number of carbonyl (C=O) groups excluding carboxylic acids is 1. The number of nitrogens with zero attached hydrogens (tertiary/aromatic N) is 1. The van der Waals surface area contributed by atoms with Crippen LogP contribution in [0.5, 0.6) is 0 Å². The average molecular weight is 347 g/mol. The summed E-state index contributed by atoms with van der Waals surface area (Å²) in [6.07, 6.45) is 0. The Morgan fingerprint density at radius 1 is 0.958 bits per heavy atom. The van der Waals surface area contributed by atoms with Crippen molar-refractivity contribution in [2.24, 2.45) is 0 Å². The maximum atomic E-state index is 12.4. The molecule has 0 saturated heterocycles. The molecule has 2 aromatic carbocycles. The summed E-state index contributed by atoms with van der Waals surface area (Å²) in [4.78, 5) is 12.2. The molecule has 0 heterocycles. The van der Waals surface area contributed by atoms with E-state index < -0.39 is 16.0 Å². The van der Waals surface area contributed by atoms with E-state index in [-0.39, 0.29) is 11.5 Å². The van der Waals surface area contributed by atoms with Crippen LogP contribution in [-0.2, 0) is 21.4 Å². The van der Waals surface area contributed by atoms with Crippen LogP contribution in [-0.4, -0.2) is 31.8 Å². The highest BCUT2D eigenvalue weighted by Gasteiger charge is 2.21. The Labute approximate surface area is 142 Å². The average Bonchev–Trinajstić information content (AvgIpc) is 2.61. The second-order valence-corrected chi connectivity index (χ2v) is 7.11. The molecule has 2 rings (SSSR count). The molecule has 6 heteroatoms. The van der Waals surface area contributed by atoms with Crippen molar-refractivity contribution in [1.29, 1.82) is 0 Å². The van der Waals surface area contributed by atoms with E-state index in [9.17, 15) is 13.2 Å². The lowest BCUT2D eigenvalue weighted by atomic mass is 10.2. The maximum absolute atomic E-state index is 12.4. The molecule has 2 aromatic rings. The summed E-state index contributed by atoms with van der Waals surface area (Å²) in [5.41, 5.74) is 1.22. The molecule has 0 spiro atoms. The van der Waals surface area contributed by atoms with Crippen molar-refractivity contribution >= 4 is 16.0 Å². The summed E-state index contributed by atoms with van der Waals surface area (Å²) in [5.74, 6) is -0.481. The lowest BCUT2D eigenvalue weighted by Crippen LogP contribution is -2.30. The Balaban J connectivity index is 2.07. The highest BCUT2D eigenvalue weighted by molar-refractivity contribution is 7.89. The second-order valence-electron chi connectivity index (χ2n) is 5.18. The highest BCUT2D eigenvalue weighted by Crippen LogP contribution is 2.17. The van der Waals surface area contributed by atoms with Crippen LogP contribution in [0.1, 0.15) is 29.8 Å². The summed E-state index contributed by atoms with van der Waals surface area (Å²) in [7, 11) is -3.52. The van der Waals surface area contributed by atoms with Crippen LogP contribution >= 0.6 is 0 Å². The number of sulfonamides is 1. The zero-order chi connectivity index (χ0) is 17.6. The third-order valence-corrected chi connectivity index (χ3v) is 5.71. The maximum Gasteiger partial charge on any atom is 0.338 e. The van der Waals surface area contributed by atoms with Crippen LogP contribution in [0.4, 0.5) is 0 Å². The fraction of sp³-hybridized carbons (Fsp3) is 0.278. The molecule has 0 aliphatic heterocycles. The molecule has 0 aromatic heterocycles. The predicted molar refractivity (Wildman–Crippen MR) is 92.1 cm³/mol. The van der Waals surface area contributed by atoms with Gasteiger partial charge in [-0.3, -0.25) is 0 Å². The molecule has 0 saturated carbocycles. The molecule has 0 aliphatic rings. The van der Waals surface area contributed by atoms with E-state index in [4.69, 9.17) is 4.74 Å². The number of esters is 1. The van der Waals surface area contributed by atoms with Gasteiger partial charge in [0, 0.05) is 13.1 Å². The first-order valence-corrected chi connectivity index (χ1v) is 9.24. The van der Waals surface area contributed by atoms with Crippen molar-refractivity contribution in [3.8, 4) is 0 Å². The lowest BCUT2D eigenvalue weighted by Gasteiger charge is -2.18. The van der Waals surface area contributed by atoms with E-state index in [0.29, 0.717) is 18.7 Å². The molecular weight excluding hydrogens is 326 g/mol. The smallest absolute Gasteiger partial charge is 0.338 e. The number of ether oxygens (including phenoxy) is 1. The van der Waals surface area contributed by atoms with Gasteiger partial charge >= 0.3 is 5.97 Å². The van der Waals surface area contributed by atoms with Gasteiger partial charge in [-0.2, -0.15) is 4.31 Å². The molecule has 5 nitrogen and oxygen atoms in total. The third kappa shape index (κ3) is 4.21. The number of hydrogen-bond acceptors (Lipinski definition) is 4. The zero-order valence-electron chi connectivity index (χ0n) is 13.8. The first-order valence-electron chi connectivity index (χ1n) is 7.80. The Bertz CT molecular complexity index is 766. The van der Waals surface area contributed by atoms with Crippen LogP contribution in [0.15, 0.2) is 59.5 Å². The predicted octanol–water partition coefficient (Wildman–Crippen LogP) is 3.07. The molecular formula is C18H21NO4S. The van der Waals surface area contributed by atoms with Crippen molar-refractivity contribution in [3.05, 3.63) is 65.7 Å². The highest BCUT2D eigenvalue weighted by atomic mass is 32.2. The fourth-order valence-corrected chi connectivity index (χ4v) is 3.74. The SMILES string of the molecule is CCN(CC)S(=O)(=O)c1ccc(C(=O)OCc2ccccc2)cc1. The van der Waals surface area contributed by atoms with Gasteiger partial charge in [0.1, 0.15) is 6.61 Å². The normalized spacial score (nSPS) is 11.5. The first-order chi connectivity index (χ1) is 11.5. The van der Waals surface area contributed by atoms with E-state index in [2.05, 4.69) is 0 Å². The molecule has 0 atom stereocenters. The lowest BCUT2D eigenvalue weighted by molar-refractivity contribution is 0.0472. The van der Waals surface area contributed by atoms with Gasteiger partial charge in [-0.15, -0.1) is 0 Å². The van der Waals surface area contributed by atoms with Gasteiger partial charge in [0.05, 0.1) is 10.5 Å². The Kier molecular flexibility index (Phi) is 6.11. The number of rotatable bonds is 7. The number of hydrogen-bond donors (Lipinski definition) is 0. The van der Waals surface area contributed by atoms with Gasteiger partial charge in [0.25, 0.3) is 0 Å². The molecule has 0 aliphatic carbocycles. The summed E-state index contributed by atoms with van der Waals surface area (Å²) in [5, 5.41) is 0. The molecule has 0 N–H and O–H groups in total. The molecule has 0 bridgehead atoms. The van der Waals surface area contributed by atoms with Crippen molar-refractivity contribution in [2.45, 2.75) is 25.3 Å². The second kappa shape index (κ2) is 8.08. The Morgan fingerprint density at radius 3 is 2.08 bits per heavy atom. The van der Waals surface area contributed by atoms with E-state index >= 15 is 0 Å². The fourth-order valence-electron chi connectivity index (χ4n) is 2.28. The van der Waals surface area contributed by atoms with Crippen LogP contribution < -0.4 is 0 Å². The summed E-state index contributed by atoms with van der Waals surface area (Å²) in [6.45, 7) is 4.56.